The van der Waals surface area contributed by atoms with Crippen molar-refractivity contribution in [3.05, 3.63) is 35.9 Å². The summed E-state index contributed by atoms with van der Waals surface area (Å²) >= 11 is 0. The summed E-state index contributed by atoms with van der Waals surface area (Å²) in [6.45, 7) is 0.607. The first-order chi connectivity index (χ1) is 10.7. The zero-order valence-electron chi connectivity index (χ0n) is 12.7. The highest BCUT2D eigenvalue weighted by Crippen LogP contribution is 2.19. The molecule has 0 radical (unpaired) electrons. The van der Waals surface area contributed by atoms with Crippen LogP contribution in [0.5, 0.6) is 0 Å². The van der Waals surface area contributed by atoms with Gasteiger partial charge in [0.05, 0.1) is 12.2 Å². The van der Waals surface area contributed by atoms with Gasteiger partial charge in [0, 0.05) is 13.1 Å². The summed E-state index contributed by atoms with van der Waals surface area (Å²) in [6, 6.07) is 9.44. The summed E-state index contributed by atoms with van der Waals surface area (Å²) in [7, 11) is 0. The molecule has 1 aliphatic carbocycles. The number of alkyl carbamates (subject to hydrolysis) is 1. The Morgan fingerprint density at radius 1 is 1.23 bits per heavy atom. The van der Waals surface area contributed by atoms with E-state index in [1.807, 2.05) is 30.3 Å². The molecule has 1 fully saturated rings. The predicted octanol–water partition coefficient (Wildman–Crippen LogP) is 1.74. The van der Waals surface area contributed by atoms with Crippen molar-refractivity contribution in [3.8, 4) is 0 Å². The SMILES string of the molecule is O=C(NCC(O)CNOC1CCCC1)OCc1ccccc1. The van der Waals surface area contributed by atoms with Gasteiger partial charge < -0.3 is 15.2 Å². The summed E-state index contributed by atoms with van der Waals surface area (Å²) < 4.78 is 5.05. The van der Waals surface area contributed by atoms with E-state index in [4.69, 9.17) is 9.57 Å². The second-order valence-corrected chi connectivity index (χ2v) is 5.47. The Kier molecular flexibility index (Phi) is 7.15. The summed E-state index contributed by atoms with van der Waals surface area (Å²) in [5, 5.41) is 12.3. The van der Waals surface area contributed by atoms with Crippen molar-refractivity contribution >= 4 is 6.09 Å². The Hall–Kier alpha value is -1.63. The highest BCUT2D eigenvalue weighted by molar-refractivity contribution is 5.67. The van der Waals surface area contributed by atoms with E-state index in [-0.39, 0.29) is 25.8 Å². The van der Waals surface area contributed by atoms with Crippen molar-refractivity contribution < 1.29 is 19.5 Å². The summed E-state index contributed by atoms with van der Waals surface area (Å²) in [4.78, 5) is 16.9. The van der Waals surface area contributed by atoms with E-state index in [0.29, 0.717) is 0 Å². The van der Waals surface area contributed by atoms with Gasteiger partial charge in [-0.25, -0.2) is 4.79 Å². The number of carbonyl (C=O) groups is 1. The summed E-state index contributed by atoms with van der Waals surface area (Å²) in [5.41, 5.74) is 3.69. The van der Waals surface area contributed by atoms with Crippen molar-refractivity contribution in [3.63, 3.8) is 0 Å². The number of amides is 1. The molecule has 0 heterocycles. The molecule has 1 amide bonds. The molecule has 0 saturated heterocycles. The molecule has 6 nitrogen and oxygen atoms in total. The van der Waals surface area contributed by atoms with E-state index < -0.39 is 12.2 Å². The Bertz CT molecular complexity index is 435. The zero-order valence-corrected chi connectivity index (χ0v) is 12.7. The van der Waals surface area contributed by atoms with E-state index in [9.17, 15) is 9.90 Å². The second kappa shape index (κ2) is 9.40. The van der Waals surface area contributed by atoms with Gasteiger partial charge in [-0.3, -0.25) is 4.84 Å². The molecule has 0 aliphatic heterocycles. The van der Waals surface area contributed by atoms with Crippen LogP contribution in [0.15, 0.2) is 30.3 Å². The standard InChI is InChI=1S/C16H24N2O4/c19-14(11-18-22-15-8-4-5-9-15)10-17-16(20)21-12-13-6-2-1-3-7-13/h1-3,6-7,14-15,18-19H,4-5,8-12H2,(H,17,20). The van der Waals surface area contributed by atoms with Gasteiger partial charge in [-0.1, -0.05) is 43.2 Å². The first-order valence-electron chi connectivity index (χ1n) is 7.75. The molecule has 1 aliphatic rings. The van der Waals surface area contributed by atoms with Crippen LogP contribution in [0.25, 0.3) is 0 Å². The number of rotatable bonds is 8. The topological polar surface area (TPSA) is 79.8 Å². The minimum Gasteiger partial charge on any atom is -0.445 e. The van der Waals surface area contributed by atoms with E-state index in [0.717, 1.165) is 18.4 Å². The van der Waals surface area contributed by atoms with Crippen molar-refractivity contribution in [2.45, 2.75) is 44.5 Å². The van der Waals surface area contributed by atoms with Crippen LogP contribution in [0, 0.1) is 0 Å². The second-order valence-electron chi connectivity index (χ2n) is 5.47. The first kappa shape index (κ1) is 16.7. The first-order valence-corrected chi connectivity index (χ1v) is 7.75. The fourth-order valence-corrected chi connectivity index (χ4v) is 2.32. The number of benzene rings is 1. The van der Waals surface area contributed by atoms with Crippen LogP contribution in [0.4, 0.5) is 4.79 Å². The third-order valence-electron chi connectivity index (χ3n) is 3.57. The van der Waals surface area contributed by atoms with Crippen LogP contribution in [-0.4, -0.2) is 36.5 Å². The molecule has 3 N–H and O–H groups in total. The smallest absolute Gasteiger partial charge is 0.407 e. The molecular formula is C16H24N2O4. The molecule has 0 spiro atoms. The highest BCUT2D eigenvalue weighted by atomic mass is 16.7. The quantitative estimate of drug-likeness (QED) is 0.637. The third kappa shape index (κ3) is 6.43. The molecule has 1 unspecified atom stereocenters. The maximum absolute atomic E-state index is 11.5. The largest absolute Gasteiger partial charge is 0.445 e. The van der Waals surface area contributed by atoms with Gasteiger partial charge in [-0.2, -0.15) is 5.48 Å². The Labute approximate surface area is 130 Å². The van der Waals surface area contributed by atoms with Gasteiger partial charge in [0.1, 0.15) is 6.61 Å². The monoisotopic (exact) mass is 308 g/mol. The molecule has 1 atom stereocenters. The van der Waals surface area contributed by atoms with E-state index >= 15 is 0 Å². The van der Waals surface area contributed by atoms with Gasteiger partial charge in [0.15, 0.2) is 0 Å². The predicted molar refractivity (Wildman–Crippen MR) is 82.0 cm³/mol. The fourth-order valence-electron chi connectivity index (χ4n) is 2.32. The molecule has 1 aromatic carbocycles. The number of hydroxylamine groups is 1. The lowest BCUT2D eigenvalue weighted by atomic mass is 10.2. The minimum atomic E-state index is -0.717. The van der Waals surface area contributed by atoms with Crippen LogP contribution in [-0.2, 0) is 16.2 Å². The lowest BCUT2D eigenvalue weighted by Gasteiger charge is -2.15. The lowest BCUT2D eigenvalue weighted by Crippen LogP contribution is -2.39. The summed E-state index contributed by atoms with van der Waals surface area (Å²) in [6.07, 6.45) is 3.51. The molecule has 6 heteroatoms. The van der Waals surface area contributed by atoms with E-state index in [2.05, 4.69) is 10.8 Å². The number of hydrogen-bond donors (Lipinski definition) is 3. The Morgan fingerprint density at radius 2 is 1.95 bits per heavy atom. The average Bonchev–Trinajstić information content (AvgIpc) is 3.05. The van der Waals surface area contributed by atoms with Gasteiger partial charge in [0.2, 0.25) is 0 Å². The minimum absolute atomic E-state index is 0.120. The molecule has 2 rings (SSSR count). The van der Waals surface area contributed by atoms with Gasteiger partial charge in [-0.05, 0) is 18.4 Å². The van der Waals surface area contributed by atoms with E-state index in [1.165, 1.54) is 12.8 Å². The Balaban J connectivity index is 1.51. The molecular weight excluding hydrogens is 284 g/mol. The molecule has 122 valence electrons. The normalized spacial score (nSPS) is 16.4. The maximum atomic E-state index is 11.5. The maximum Gasteiger partial charge on any atom is 0.407 e. The number of hydrogen-bond acceptors (Lipinski definition) is 5. The Morgan fingerprint density at radius 3 is 2.68 bits per heavy atom. The average molecular weight is 308 g/mol. The molecule has 1 aromatic rings. The van der Waals surface area contributed by atoms with E-state index in [1.54, 1.807) is 0 Å². The molecule has 22 heavy (non-hydrogen) atoms. The van der Waals surface area contributed by atoms with Crippen molar-refractivity contribution in [2.75, 3.05) is 13.1 Å². The molecule has 1 saturated carbocycles. The highest BCUT2D eigenvalue weighted by Gasteiger charge is 2.16. The number of aliphatic hydroxyl groups is 1. The number of carbonyl (C=O) groups excluding carboxylic acids is 1. The van der Waals surface area contributed by atoms with Gasteiger partial charge in [-0.15, -0.1) is 0 Å². The van der Waals surface area contributed by atoms with Crippen molar-refractivity contribution in [2.24, 2.45) is 0 Å². The van der Waals surface area contributed by atoms with Crippen molar-refractivity contribution in [1.82, 2.24) is 10.8 Å². The van der Waals surface area contributed by atoms with Crippen LogP contribution >= 0.6 is 0 Å². The number of aliphatic hydroxyl groups excluding tert-OH is 1. The number of nitrogens with one attached hydrogen (secondary N) is 2. The van der Waals surface area contributed by atoms with Crippen LogP contribution in [0.2, 0.25) is 0 Å². The molecule has 0 bridgehead atoms. The van der Waals surface area contributed by atoms with Crippen molar-refractivity contribution in [1.29, 1.82) is 0 Å². The van der Waals surface area contributed by atoms with Crippen LogP contribution < -0.4 is 10.8 Å². The van der Waals surface area contributed by atoms with Gasteiger partial charge in [0.25, 0.3) is 0 Å². The fraction of sp³-hybridized carbons (Fsp3) is 0.562. The van der Waals surface area contributed by atoms with Crippen LogP contribution in [0.3, 0.4) is 0 Å². The third-order valence-corrected chi connectivity index (χ3v) is 3.57. The number of ether oxygens (including phenoxy) is 1. The lowest BCUT2D eigenvalue weighted by molar-refractivity contribution is -0.0364. The molecule has 0 aromatic heterocycles. The zero-order chi connectivity index (χ0) is 15.6. The van der Waals surface area contributed by atoms with Gasteiger partial charge >= 0.3 is 6.09 Å². The summed E-state index contributed by atoms with van der Waals surface area (Å²) in [5.74, 6) is 0. The van der Waals surface area contributed by atoms with Crippen LogP contribution in [0.1, 0.15) is 31.2 Å².